The Morgan fingerprint density at radius 1 is 0.842 bits per heavy atom. The monoisotopic (exact) mass is 248 g/mol. The minimum absolute atomic E-state index is 0.215. The Labute approximate surface area is 111 Å². The van der Waals surface area contributed by atoms with E-state index in [1.165, 1.54) is 0 Å². The lowest BCUT2D eigenvalue weighted by molar-refractivity contribution is -0.118. The van der Waals surface area contributed by atoms with E-state index in [0.717, 1.165) is 16.7 Å². The normalized spacial score (nSPS) is 18.2. The van der Waals surface area contributed by atoms with E-state index in [9.17, 15) is 4.79 Å². The van der Waals surface area contributed by atoms with Crippen molar-refractivity contribution in [1.29, 1.82) is 0 Å². The molecule has 2 aromatic carbocycles. The van der Waals surface area contributed by atoms with Crippen molar-refractivity contribution in [2.24, 2.45) is 10.2 Å². The molecule has 3 heteroatoms. The summed E-state index contributed by atoms with van der Waals surface area (Å²) in [5.74, 6) is -0.575. The van der Waals surface area contributed by atoms with Crippen molar-refractivity contribution in [2.75, 3.05) is 0 Å². The predicted octanol–water partition coefficient (Wildman–Crippen LogP) is 3.80. The van der Waals surface area contributed by atoms with Crippen LogP contribution in [0.5, 0.6) is 0 Å². The Morgan fingerprint density at radius 3 is 2.16 bits per heavy atom. The Kier molecular flexibility index (Phi) is 3.02. The fraction of sp³-hybridized carbons (Fsp3) is 0.0625. The van der Waals surface area contributed by atoms with Gasteiger partial charge < -0.3 is 0 Å². The van der Waals surface area contributed by atoms with Crippen LogP contribution in [0.25, 0.3) is 5.57 Å². The number of carbonyl (C=O) groups is 1. The summed E-state index contributed by atoms with van der Waals surface area (Å²) >= 11 is 0. The first-order valence-corrected chi connectivity index (χ1v) is 6.11. The van der Waals surface area contributed by atoms with Crippen molar-refractivity contribution in [3.8, 4) is 0 Å². The van der Waals surface area contributed by atoms with Crippen molar-refractivity contribution in [2.45, 2.75) is 5.92 Å². The summed E-state index contributed by atoms with van der Waals surface area (Å²) in [6.07, 6.45) is 1.67. The van der Waals surface area contributed by atoms with E-state index >= 15 is 0 Å². The highest BCUT2D eigenvalue weighted by molar-refractivity contribution is 5.98. The molecule has 1 heterocycles. The van der Waals surface area contributed by atoms with Gasteiger partial charge in [-0.1, -0.05) is 60.7 Å². The van der Waals surface area contributed by atoms with E-state index in [1.807, 2.05) is 60.7 Å². The van der Waals surface area contributed by atoms with Crippen LogP contribution in [-0.2, 0) is 4.79 Å². The molecule has 19 heavy (non-hydrogen) atoms. The molecule has 3 nitrogen and oxygen atoms in total. The second-order valence-electron chi connectivity index (χ2n) is 4.35. The summed E-state index contributed by atoms with van der Waals surface area (Å²) in [6.45, 7) is 0. The molecule has 1 unspecified atom stereocenters. The zero-order valence-corrected chi connectivity index (χ0v) is 10.2. The molecule has 1 aliphatic heterocycles. The molecule has 1 amide bonds. The molecule has 3 rings (SSSR count). The average molecular weight is 248 g/mol. The molecule has 1 aliphatic rings. The first kappa shape index (κ1) is 11.5. The highest BCUT2D eigenvalue weighted by Crippen LogP contribution is 2.35. The van der Waals surface area contributed by atoms with Gasteiger partial charge in [-0.3, -0.25) is 4.79 Å². The van der Waals surface area contributed by atoms with Crippen LogP contribution in [0.4, 0.5) is 0 Å². The van der Waals surface area contributed by atoms with Crippen LogP contribution in [0.3, 0.4) is 0 Å². The quantitative estimate of drug-likeness (QED) is 0.796. The number of hydrogen-bond donors (Lipinski definition) is 0. The van der Waals surface area contributed by atoms with Gasteiger partial charge in [0.1, 0.15) is 0 Å². The average Bonchev–Trinajstić information content (AvgIpc) is 2.49. The molecule has 0 aromatic heterocycles. The Morgan fingerprint density at radius 2 is 1.47 bits per heavy atom. The maximum Gasteiger partial charge on any atom is 0.276 e. The largest absolute Gasteiger partial charge is 0.276 e. The standard InChI is InChI=1S/C16H12N2O/c19-16-15(13-9-5-2-6-10-13)14(11-17-18-16)12-7-3-1-4-8-12/h1-11,15H. The fourth-order valence-corrected chi connectivity index (χ4v) is 2.25. The second-order valence-corrected chi connectivity index (χ2v) is 4.35. The number of rotatable bonds is 2. The minimum Gasteiger partial charge on any atom is -0.270 e. The van der Waals surface area contributed by atoms with Gasteiger partial charge in [0.2, 0.25) is 0 Å². The summed E-state index contributed by atoms with van der Waals surface area (Å²) in [7, 11) is 0. The number of amides is 1. The minimum atomic E-state index is -0.360. The highest BCUT2D eigenvalue weighted by Gasteiger charge is 2.28. The summed E-state index contributed by atoms with van der Waals surface area (Å²) < 4.78 is 0. The molecule has 92 valence electrons. The summed E-state index contributed by atoms with van der Waals surface area (Å²) in [5.41, 5.74) is 2.84. The van der Waals surface area contributed by atoms with E-state index in [2.05, 4.69) is 10.2 Å². The van der Waals surface area contributed by atoms with Gasteiger partial charge in [0.25, 0.3) is 5.91 Å². The lowest BCUT2D eigenvalue weighted by Gasteiger charge is -2.19. The molecule has 0 spiro atoms. The molecule has 0 radical (unpaired) electrons. The first-order valence-electron chi connectivity index (χ1n) is 6.11. The summed E-state index contributed by atoms with van der Waals surface area (Å²) in [5, 5.41) is 7.48. The second kappa shape index (κ2) is 4.98. The number of nitrogens with zero attached hydrogens (tertiary/aromatic N) is 2. The summed E-state index contributed by atoms with van der Waals surface area (Å²) in [4.78, 5) is 12.1. The van der Waals surface area contributed by atoms with E-state index in [0.29, 0.717) is 0 Å². The molecule has 0 bridgehead atoms. The van der Waals surface area contributed by atoms with E-state index in [-0.39, 0.29) is 11.8 Å². The first-order chi connectivity index (χ1) is 9.36. The van der Waals surface area contributed by atoms with Crippen LogP contribution in [0.2, 0.25) is 0 Å². The number of benzene rings is 2. The van der Waals surface area contributed by atoms with Crippen molar-refractivity contribution in [3.05, 3.63) is 78.0 Å². The van der Waals surface area contributed by atoms with Crippen LogP contribution >= 0.6 is 0 Å². The smallest absolute Gasteiger partial charge is 0.270 e. The number of carbonyl (C=O) groups excluding carboxylic acids is 1. The van der Waals surface area contributed by atoms with Gasteiger partial charge >= 0.3 is 0 Å². The maximum atomic E-state index is 12.1. The molecule has 0 aliphatic carbocycles. The molecule has 0 fully saturated rings. The van der Waals surface area contributed by atoms with E-state index in [1.54, 1.807) is 6.20 Å². The third kappa shape index (κ3) is 2.22. The van der Waals surface area contributed by atoms with Crippen LogP contribution < -0.4 is 0 Å². The number of azo groups is 1. The maximum absolute atomic E-state index is 12.1. The molecule has 1 atom stereocenters. The predicted molar refractivity (Wildman–Crippen MR) is 73.5 cm³/mol. The SMILES string of the molecule is O=C1N=NC=C(c2ccccc2)C1c1ccccc1. The van der Waals surface area contributed by atoms with Gasteiger partial charge in [0, 0.05) is 0 Å². The van der Waals surface area contributed by atoms with Gasteiger partial charge in [0.05, 0.1) is 12.1 Å². The fourth-order valence-electron chi connectivity index (χ4n) is 2.25. The van der Waals surface area contributed by atoms with E-state index in [4.69, 9.17) is 0 Å². The molecule has 0 saturated carbocycles. The van der Waals surface area contributed by atoms with Gasteiger partial charge in [-0.05, 0) is 16.7 Å². The Bertz CT molecular complexity index is 645. The Hall–Kier alpha value is -2.55. The van der Waals surface area contributed by atoms with Crippen molar-refractivity contribution in [1.82, 2.24) is 0 Å². The Balaban J connectivity index is 2.09. The third-order valence-electron chi connectivity index (χ3n) is 3.15. The lowest BCUT2D eigenvalue weighted by atomic mass is 9.86. The molecular formula is C16H12N2O. The van der Waals surface area contributed by atoms with Gasteiger partial charge in [0.15, 0.2) is 0 Å². The third-order valence-corrected chi connectivity index (χ3v) is 3.15. The van der Waals surface area contributed by atoms with Crippen LogP contribution in [0.15, 0.2) is 77.1 Å². The lowest BCUT2D eigenvalue weighted by Crippen LogP contribution is -2.14. The molecule has 0 saturated heterocycles. The zero-order valence-electron chi connectivity index (χ0n) is 10.2. The highest BCUT2D eigenvalue weighted by atomic mass is 16.2. The van der Waals surface area contributed by atoms with Crippen LogP contribution in [-0.4, -0.2) is 5.91 Å². The molecule has 2 aromatic rings. The van der Waals surface area contributed by atoms with Crippen LogP contribution in [0, 0.1) is 0 Å². The number of hydrogen-bond acceptors (Lipinski definition) is 2. The van der Waals surface area contributed by atoms with E-state index < -0.39 is 0 Å². The molecular weight excluding hydrogens is 236 g/mol. The molecule has 0 N–H and O–H groups in total. The van der Waals surface area contributed by atoms with Crippen LogP contribution in [0.1, 0.15) is 17.0 Å². The zero-order chi connectivity index (χ0) is 13.1. The van der Waals surface area contributed by atoms with Gasteiger partial charge in [-0.15, -0.1) is 5.11 Å². The summed E-state index contributed by atoms with van der Waals surface area (Å²) in [6, 6.07) is 19.5. The van der Waals surface area contributed by atoms with Crippen molar-refractivity contribution in [3.63, 3.8) is 0 Å². The van der Waals surface area contributed by atoms with Gasteiger partial charge in [-0.2, -0.15) is 5.11 Å². The van der Waals surface area contributed by atoms with Crippen molar-refractivity contribution < 1.29 is 4.79 Å². The van der Waals surface area contributed by atoms with Gasteiger partial charge in [-0.25, -0.2) is 0 Å². The topological polar surface area (TPSA) is 41.8 Å². The van der Waals surface area contributed by atoms with Crippen molar-refractivity contribution >= 4 is 11.5 Å².